The van der Waals surface area contributed by atoms with Gasteiger partial charge in [-0.15, -0.1) is 5.73 Å². The van der Waals surface area contributed by atoms with Crippen LogP contribution in [0.25, 0.3) is 5.57 Å². The summed E-state index contributed by atoms with van der Waals surface area (Å²) in [5.74, 6) is 0. The quantitative estimate of drug-likeness (QED) is 0.592. The minimum Gasteiger partial charge on any atom is -0.252 e. The van der Waals surface area contributed by atoms with E-state index in [-0.39, 0.29) is 10.8 Å². The standard InChI is InChI=1S/C21H27N/c1-20(2,3)17-12-7-10-16(11-8-13-17)18-14-9-15-19(22-18)21(4,5)6/h7-10,12,14-15H,13H2,1-6H3/b10-7-,17-12+. The number of aromatic nitrogens is 1. The van der Waals surface area contributed by atoms with Crippen LogP contribution in [0.5, 0.6) is 0 Å². The Morgan fingerprint density at radius 2 is 1.73 bits per heavy atom. The fourth-order valence-corrected chi connectivity index (χ4v) is 2.37. The van der Waals surface area contributed by atoms with Gasteiger partial charge in [-0.2, -0.15) is 0 Å². The Morgan fingerprint density at radius 3 is 2.36 bits per heavy atom. The number of rotatable bonds is 1. The van der Waals surface area contributed by atoms with Crippen molar-refractivity contribution in [1.82, 2.24) is 4.98 Å². The molecule has 0 spiro atoms. The molecule has 0 saturated carbocycles. The zero-order valence-corrected chi connectivity index (χ0v) is 14.7. The third kappa shape index (κ3) is 4.08. The molecule has 1 nitrogen and oxygen atoms in total. The van der Waals surface area contributed by atoms with E-state index in [0.717, 1.165) is 23.4 Å². The van der Waals surface area contributed by atoms with E-state index in [2.05, 4.69) is 89.8 Å². The summed E-state index contributed by atoms with van der Waals surface area (Å²) in [6.07, 6.45) is 9.53. The number of nitrogens with zero attached hydrogens (tertiary/aromatic N) is 1. The van der Waals surface area contributed by atoms with Gasteiger partial charge in [-0.05, 0) is 36.1 Å². The Kier molecular flexibility index (Phi) is 4.58. The monoisotopic (exact) mass is 293 g/mol. The van der Waals surface area contributed by atoms with Gasteiger partial charge >= 0.3 is 0 Å². The van der Waals surface area contributed by atoms with Crippen molar-refractivity contribution in [3.63, 3.8) is 0 Å². The third-order valence-electron chi connectivity index (χ3n) is 3.90. The summed E-state index contributed by atoms with van der Waals surface area (Å²) >= 11 is 0. The Balaban J connectivity index is 2.35. The normalized spacial score (nSPS) is 19.7. The summed E-state index contributed by atoms with van der Waals surface area (Å²) in [6, 6.07) is 6.24. The fraction of sp³-hybridized carbons (Fsp3) is 0.429. The molecule has 1 aliphatic carbocycles. The lowest BCUT2D eigenvalue weighted by Crippen LogP contribution is -2.14. The molecule has 2 rings (SSSR count). The number of hydrogen-bond acceptors (Lipinski definition) is 1. The van der Waals surface area contributed by atoms with Gasteiger partial charge in [0.05, 0.1) is 5.69 Å². The molecule has 22 heavy (non-hydrogen) atoms. The molecule has 1 aliphatic rings. The van der Waals surface area contributed by atoms with Crippen molar-refractivity contribution in [1.29, 1.82) is 0 Å². The predicted molar refractivity (Wildman–Crippen MR) is 95.7 cm³/mol. The molecule has 116 valence electrons. The van der Waals surface area contributed by atoms with Gasteiger partial charge < -0.3 is 0 Å². The summed E-state index contributed by atoms with van der Waals surface area (Å²) in [5.41, 5.74) is 8.26. The maximum absolute atomic E-state index is 4.82. The second kappa shape index (κ2) is 6.10. The van der Waals surface area contributed by atoms with Crippen molar-refractivity contribution < 1.29 is 0 Å². The minimum absolute atomic E-state index is 0.0604. The van der Waals surface area contributed by atoms with Crippen LogP contribution in [0.15, 0.2) is 53.8 Å². The van der Waals surface area contributed by atoms with E-state index in [1.165, 1.54) is 5.57 Å². The maximum atomic E-state index is 4.82. The molecule has 0 saturated heterocycles. The maximum Gasteiger partial charge on any atom is 0.0783 e. The summed E-state index contributed by atoms with van der Waals surface area (Å²) in [6.45, 7) is 13.3. The highest BCUT2D eigenvalue weighted by atomic mass is 14.7. The van der Waals surface area contributed by atoms with E-state index in [9.17, 15) is 0 Å². The molecule has 0 N–H and O–H groups in total. The highest BCUT2D eigenvalue weighted by molar-refractivity contribution is 5.71. The van der Waals surface area contributed by atoms with Gasteiger partial charge in [-0.25, -0.2) is 0 Å². The first-order chi connectivity index (χ1) is 10.2. The van der Waals surface area contributed by atoms with Crippen LogP contribution in [-0.2, 0) is 5.41 Å². The van der Waals surface area contributed by atoms with Crippen LogP contribution in [0.1, 0.15) is 59.4 Å². The van der Waals surface area contributed by atoms with Crippen molar-refractivity contribution in [2.45, 2.75) is 53.4 Å². The number of pyridine rings is 1. The zero-order chi connectivity index (χ0) is 16.4. The Labute approximate surface area is 135 Å². The predicted octanol–water partition coefficient (Wildman–Crippen LogP) is 5.85. The Morgan fingerprint density at radius 1 is 1.00 bits per heavy atom. The summed E-state index contributed by atoms with van der Waals surface area (Å²) in [4.78, 5) is 4.82. The second-order valence-electron chi connectivity index (χ2n) is 7.93. The Bertz CT molecular complexity index is 667. The van der Waals surface area contributed by atoms with Gasteiger partial charge in [0.25, 0.3) is 0 Å². The van der Waals surface area contributed by atoms with E-state index in [4.69, 9.17) is 4.98 Å². The van der Waals surface area contributed by atoms with E-state index in [0.29, 0.717) is 0 Å². The number of allylic oxidation sites excluding steroid dienone is 5. The molecular formula is C21H27N. The topological polar surface area (TPSA) is 12.9 Å². The van der Waals surface area contributed by atoms with Crippen LogP contribution in [-0.4, -0.2) is 4.98 Å². The van der Waals surface area contributed by atoms with E-state index in [1.54, 1.807) is 0 Å². The highest BCUT2D eigenvalue weighted by Gasteiger charge is 2.17. The van der Waals surface area contributed by atoms with Crippen molar-refractivity contribution in [2.24, 2.45) is 5.41 Å². The van der Waals surface area contributed by atoms with Crippen molar-refractivity contribution in [2.75, 3.05) is 0 Å². The molecule has 0 aliphatic heterocycles. The summed E-state index contributed by atoms with van der Waals surface area (Å²) < 4.78 is 0. The van der Waals surface area contributed by atoms with Crippen molar-refractivity contribution >= 4 is 5.57 Å². The summed E-state index contributed by atoms with van der Waals surface area (Å²) in [5, 5.41) is 0. The van der Waals surface area contributed by atoms with E-state index >= 15 is 0 Å². The second-order valence-corrected chi connectivity index (χ2v) is 7.93. The zero-order valence-electron chi connectivity index (χ0n) is 14.7. The summed E-state index contributed by atoms with van der Waals surface area (Å²) in [7, 11) is 0. The lowest BCUT2D eigenvalue weighted by molar-refractivity contribution is 0.494. The first-order valence-corrected chi connectivity index (χ1v) is 7.99. The lowest BCUT2D eigenvalue weighted by atomic mass is 9.83. The molecule has 1 heterocycles. The SMILES string of the molecule is CC(C)(C)/C1=C/C=C\C(c2cccc(C(C)(C)C)n2)=C=CC1. The van der Waals surface area contributed by atoms with Gasteiger partial charge in [0.15, 0.2) is 0 Å². The number of hydrogen-bond donors (Lipinski definition) is 0. The van der Waals surface area contributed by atoms with Gasteiger partial charge in [0.1, 0.15) is 0 Å². The van der Waals surface area contributed by atoms with Crippen LogP contribution in [0.2, 0.25) is 0 Å². The molecule has 0 aromatic carbocycles. The molecule has 1 aromatic heterocycles. The first kappa shape index (κ1) is 16.5. The van der Waals surface area contributed by atoms with Crippen LogP contribution < -0.4 is 0 Å². The molecule has 0 atom stereocenters. The molecule has 1 aromatic rings. The fourth-order valence-electron chi connectivity index (χ4n) is 2.37. The van der Waals surface area contributed by atoms with Crippen molar-refractivity contribution in [3.8, 4) is 0 Å². The third-order valence-corrected chi connectivity index (χ3v) is 3.90. The lowest BCUT2D eigenvalue weighted by Gasteiger charge is -2.22. The first-order valence-electron chi connectivity index (χ1n) is 7.99. The average Bonchev–Trinajstić information content (AvgIpc) is 2.36. The van der Waals surface area contributed by atoms with Crippen LogP contribution >= 0.6 is 0 Å². The van der Waals surface area contributed by atoms with Gasteiger partial charge in [0, 0.05) is 16.7 Å². The van der Waals surface area contributed by atoms with Crippen LogP contribution in [0, 0.1) is 5.41 Å². The molecule has 0 amide bonds. The van der Waals surface area contributed by atoms with Gasteiger partial charge in [0.2, 0.25) is 0 Å². The molecular weight excluding hydrogens is 266 g/mol. The molecule has 0 bridgehead atoms. The molecule has 0 unspecified atom stereocenters. The van der Waals surface area contributed by atoms with E-state index in [1.807, 2.05) is 0 Å². The average molecular weight is 293 g/mol. The largest absolute Gasteiger partial charge is 0.252 e. The van der Waals surface area contributed by atoms with E-state index < -0.39 is 0 Å². The van der Waals surface area contributed by atoms with Gasteiger partial charge in [-0.3, -0.25) is 4.98 Å². The molecule has 0 radical (unpaired) electrons. The van der Waals surface area contributed by atoms with Crippen LogP contribution in [0.3, 0.4) is 0 Å². The van der Waals surface area contributed by atoms with Gasteiger partial charge in [-0.1, -0.05) is 65.3 Å². The molecule has 0 fully saturated rings. The van der Waals surface area contributed by atoms with Crippen molar-refractivity contribution in [3.05, 3.63) is 65.2 Å². The van der Waals surface area contributed by atoms with Crippen LogP contribution in [0.4, 0.5) is 0 Å². The Hall–Kier alpha value is -1.85. The molecule has 1 heteroatoms. The smallest absolute Gasteiger partial charge is 0.0783 e. The minimum atomic E-state index is 0.0604. The highest BCUT2D eigenvalue weighted by Crippen LogP contribution is 2.29.